The fourth-order valence-electron chi connectivity index (χ4n) is 7.06. The van der Waals surface area contributed by atoms with Crippen LogP contribution in [0, 0.1) is 0 Å². The van der Waals surface area contributed by atoms with Crippen molar-refractivity contribution in [3.8, 4) is 0 Å². The normalized spacial score (nSPS) is 12.2. The Balaban J connectivity index is 4.38. The second-order valence-electron chi connectivity index (χ2n) is 16.2. The summed E-state index contributed by atoms with van der Waals surface area (Å²) in [7, 11) is 0.967. The number of esters is 2. The Morgan fingerprint density at radius 1 is 0.500 bits per heavy atom. The molecule has 4 N–H and O–H groups in total. The number of rotatable bonds is 41. The van der Waals surface area contributed by atoms with Crippen molar-refractivity contribution in [3.05, 3.63) is 0 Å². The number of nitrogens with zero attached hydrogens (tertiary/aromatic N) is 1. The van der Waals surface area contributed by atoms with Crippen molar-refractivity contribution in [2.45, 2.75) is 250 Å². The highest BCUT2D eigenvalue weighted by Crippen LogP contribution is 2.22. The van der Waals surface area contributed by atoms with Crippen LogP contribution in [0.1, 0.15) is 233 Å². The summed E-state index contributed by atoms with van der Waals surface area (Å²) in [5.41, 5.74) is -2.71. The van der Waals surface area contributed by atoms with Gasteiger partial charge in [0.1, 0.15) is 6.10 Å². The maximum Gasteiger partial charge on any atom is 0.306 e. The van der Waals surface area contributed by atoms with Gasteiger partial charge in [-0.3, -0.25) is 9.59 Å². The van der Waals surface area contributed by atoms with Gasteiger partial charge in [-0.2, -0.15) is 0 Å². The fraction of sp³-hybridized carbons (Fsp3) is 0.955. The molecule has 0 bridgehead atoms. The topological polar surface area (TPSA) is 137 Å². The Hall–Kier alpha value is -1.20. The average Bonchev–Trinajstić information content (AvgIpc) is 3.13. The summed E-state index contributed by atoms with van der Waals surface area (Å²) in [4.78, 5) is 26.2. The van der Waals surface area contributed by atoms with Gasteiger partial charge in [0.05, 0.1) is 6.61 Å². The van der Waals surface area contributed by atoms with Crippen LogP contribution in [0.3, 0.4) is 0 Å². The second-order valence-corrected chi connectivity index (χ2v) is 16.2. The lowest BCUT2D eigenvalue weighted by Gasteiger charge is -2.41. The summed E-state index contributed by atoms with van der Waals surface area (Å²) < 4.78 is 11.4. The van der Waals surface area contributed by atoms with E-state index in [0.717, 1.165) is 72.1 Å². The van der Waals surface area contributed by atoms with Crippen molar-refractivity contribution in [2.75, 3.05) is 19.7 Å². The molecule has 0 saturated carbocycles. The van der Waals surface area contributed by atoms with Gasteiger partial charge in [-0.15, -0.1) is 0 Å². The van der Waals surface area contributed by atoms with E-state index in [4.69, 9.17) is 9.47 Å². The van der Waals surface area contributed by atoms with Crippen LogP contribution in [0.15, 0.2) is 0 Å². The molecule has 0 aliphatic rings. The third-order valence-corrected chi connectivity index (χ3v) is 10.8. The van der Waals surface area contributed by atoms with Gasteiger partial charge in [-0.05, 0) is 57.8 Å². The van der Waals surface area contributed by atoms with Crippen LogP contribution >= 0.6 is 0 Å². The van der Waals surface area contributed by atoms with Crippen LogP contribution in [-0.4, -0.2) is 82.5 Å². The van der Waals surface area contributed by atoms with E-state index in [-0.39, 0.29) is 31.1 Å². The van der Waals surface area contributed by atoms with Crippen molar-refractivity contribution in [1.82, 2.24) is 4.90 Å². The van der Waals surface area contributed by atoms with Gasteiger partial charge in [-0.25, -0.2) is 4.90 Å². The molecule has 0 aromatic carbocycles. The Morgan fingerprint density at radius 3 is 1.30 bits per heavy atom. The molecule has 0 aromatic rings. The van der Waals surface area contributed by atoms with Gasteiger partial charge in [0.15, 0.2) is 13.5 Å². The molecule has 0 fully saturated rings. The molecule has 320 valence electrons. The molecule has 0 unspecified atom stereocenters. The van der Waals surface area contributed by atoms with Crippen molar-refractivity contribution < 1.29 is 39.5 Å². The molecule has 0 amide bonds. The zero-order valence-corrected chi connectivity index (χ0v) is 35.9. The number of ether oxygens (including phenoxy) is 2. The van der Waals surface area contributed by atoms with Gasteiger partial charge in [0.25, 0.3) is 5.91 Å². The molecule has 0 aromatic heterocycles. The van der Waals surface area contributed by atoms with E-state index in [1.54, 1.807) is 0 Å². The van der Waals surface area contributed by atoms with E-state index >= 15 is 0 Å². The largest absolute Gasteiger partial charge is 0.466 e. The Morgan fingerprint density at radius 2 is 0.852 bits per heavy atom. The van der Waals surface area contributed by atoms with Crippen LogP contribution < -0.4 is 0 Å². The Labute approximate surface area is 333 Å². The van der Waals surface area contributed by atoms with Gasteiger partial charge < -0.3 is 29.9 Å². The minimum absolute atomic E-state index is 0.0324. The molecule has 0 radical (unpaired) electrons. The standard InChI is InChI=1S/C44H88BNO8/c1-4-7-10-13-16-17-18-24-32-39-53-41(47)35-29-25-31-38-46(44(51,52)43(45,49)50)37-30-23-19-22-28-36-42(48)54-40(33-26-20-14-11-8-5-2)34-27-21-15-12-9-6-3/h40,49-52H,4-39,45H2,1-3H3. The van der Waals surface area contributed by atoms with Crippen molar-refractivity contribution in [1.29, 1.82) is 0 Å². The molecule has 54 heavy (non-hydrogen) atoms. The first-order valence-electron chi connectivity index (χ1n) is 23.0. The van der Waals surface area contributed by atoms with Crippen LogP contribution in [0.5, 0.6) is 0 Å². The van der Waals surface area contributed by atoms with Gasteiger partial charge in [-0.1, -0.05) is 162 Å². The zero-order chi connectivity index (χ0) is 40.2. The van der Waals surface area contributed by atoms with Crippen LogP contribution in [0.2, 0.25) is 0 Å². The highest BCUT2D eigenvalue weighted by atomic mass is 16.6. The summed E-state index contributed by atoms with van der Waals surface area (Å²) >= 11 is 0. The maximum atomic E-state index is 12.7. The first-order chi connectivity index (χ1) is 26.0. The number of carbonyl (C=O) groups excluding carboxylic acids is 2. The lowest BCUT2D eigenvalue weighted by atomic mass is 9.89. The van der Waals surface area contributed by atoms with E-state index in [1.807, 2.05) is 0 Å². The minimum Gasteiger partial charge on any atom is -0.466 e. The Bertz CT molecular complexity index is 837. The smallest absolute Gasteiger partial charge is 0.306 e. The third kappa shape index (κ3) is 31.0. The fourth-order valence-corrected chi connectivity index (χ4v) is 7.06. The number of hydrogen-bond acceptors (Lipinski definition) is 9. The predicted molar refractivity (Wildman–Crippen MR) is 225 cm³/mol. The number of aliphatic hydroxyl groups is 4. The summed E-state index contributed by atoms with van der Waals surface area (Å²) in [5, 5.41) is 41.4. The summed E-state index contributed by atoms with van der Waals surface area (Å²) in [5.74, 6) is -3.09. The lowest BCUT2D eigenvalue weighted by molar-refractivity contribution is -0.379. The molecule has 0 saturated heterocycles. The van der Waals surface area contributed by atoms with Gasteiger partial charge in [0.2, 0.25) is 0 Å². The van der Waals surface area contributed by atoms with Crippen molar-refractivity contribution >= 4 is 19.8 Å². The van der Waals surface area contributed by atoms with Crippen LogP contribution in [-0.2, 0) is 19.1 Å². The molecule has 0 heterocycles. The summed E-state index contributed by atoms with van der Waals surface area (Å²) in [6.45, 7) is 7.70. The molecule has 0 spiro atoms. The monoisotopic (exact) mass is 770 g/mol. The SMILES string of the molecule is BC(O)(O)C(O)(O)N(CCCCCCCC(=O)OC(CCCCCCCC)CCCCCCCC)CCCCCC(=O)OCCCCCCCCCCC. The molecule has 0 rings (SSSR count). The quantitative estimate of drug-likeness (QED) is 0.0207. The Kier molecular flexibility index (Phi) is 35.4. The lowest BCUT2D eigenvalue weighted by Crippen LogP contribution is -2.65. The van der Waals surface area contributed by atoms with Gasteiger partial charge in [0, 0.05) is 25.9 Å². The second kappa shape index (κ2) is 36.2. The maximum absolute atomic E-state index is 12.7. The van der Waals surface area contributed by atoms with E-state index in [0.29, 0.717) is 45.1 Å². The highest BCUT2D eigenvalue weighted by Gasteiger charge is 2.47. The first kappa shape index (κ1) is 52.8. The van der Waals surface area contributed by atoms with Gasteiger partial charge >= 0.3 is 11.9 Å². The van der Waals surface area contributed by atoms with E-state index in [1.165, 1.54) is 114 Å². The molecular weight excluding hydrogens is 681 g/mol. The first-order valence-corrected chi connectivity index (χ1v) is 23.0. The molecule has 0 aliphatic heterocycles. The van der Waals surface area contributed by atoms with E-state index in [2.05, 4.69) is 20.8 Å². The van der Waals surface area contributed by atoms with Crippen LogP contribution in [0.25, 0.3) is 0 Å². The summed E-state index contributed by atoms with van der Waals surface area (Å²) in [6.07, 6.45) is 34.4. The summed E-state index contributed by atoms with van der Waals surface area (Å²) in [6, 6.07) is 0. The number of unbranched alkanes of at least 4 members (excludes halogenated alkanes) is 24. The van der Waals surface area contributed by atoms with E-state index < -0.39 is 11.6 Å². The molecule has 0 atom stereocenters. The van der Waals surface area contributed by atoms with E-state index in [9.17, 15) is 30.0 Å². The molecule has 10 heteroatoms. The average molecular weight is 770 g/mol. The molecule has 9 nitrogen and oxygen atoms in total. The zero-order valence-electron chi connectivity index (χ0n) is 35.9. The van der Waals surface area contributed by atoms with Crippen molar-refractivity contribution in [3.63, 3.8) is 0 Å². The predicted octanol–water partition coefficient (Wildman–Crippen LogP) is 9.59. The number of carbonyl (C=O) groups is 2. The third-order valence-electron chi connectivity index (χ3n) is 10.8. The van der Waals surface area contributed by atoms with Crippen molar-refractivity contribution in [2.24, 2.45) is 0 Å². The number of hydrogen-bond donors (Lipinski definition) is 4. The minimum atomic E-state index is -2.80. The molecular formula is C44H88BNO8. The highest BCUT2D eigenvalue weighted by molar-refractivity contribution is 6.13. The molecule has 0 aliphatic carbocycles. The van der Waals surface area contributed by atoms with Crippen LogP contribution in [0.4, 0.5) is 0 Å².